The Labute approximate surface area is 108 Å². The molecule has 1 saturated heterocycles. The molecule has 3 heterocycles. The highest BCUT2D eigenvalue weighted by Gasteiger charge is 2.49. The lowest BCUT2D eigenvalue weighted by Gasteiger charge is -2.46. The Morgan fingerprint density at radius 3 is 2.61 bits per heavy atom. The van der Waals surface area contributed by atoms with Crippen molar-refractivity contribution in [3.05, 3.63) is 11.9 Å². The van der Waals surface area contributed by atoms with Crippen LogP contribution in [0.15, 0.2) is 6.20 Å². The van der Waals surface area contributed by atoms with Crippen LogP contribution < -0.4 is 5.73 Å². The molecule has 0 aromatic carbocycles. The first-order valence-corrected chi connectivity index (χ1v) is 6.83. The van der Waals surface area contributed by atoms with Gasteiger partial charge in [0.05, 0.1) is 18.4 Å². The van der Waals surface area contributed by atoms with Crippen LogP contribution in [0.1, 0.15) is 39.3 Å². The fraction of sp³-hybridized carbons (Fsp3) is 0.846. The fourth-order valence-corrected chi connectivity index (χ4v) is 3.53. The number of hydrogen-bond acceptors (Lipinski definition) is 4. The van der Waals surface area contributed by atoms with Crippen molar-refractivity contribution in [2.24, 2.45) is 5.73 Å². The van der Waals surface area contributed by atoms with E-state index >= 15 is 0 Å². The van der Waals surface area contributed by atoms with Crippen molar-refractivity contribution in [1.82, 2.24) is 19.9 Å². The van der Waals surface area contributed by atoms with Gasteiger partial charge in [0, 0.05) is 17.0 Å². The van der Waals surface area contributed by atoms with E-state index in [1.165, 1.54) is 5.69 Å². The largest absolute Gasteiger partial charge is 0.325 e. The maximum Gasteiger partial charge on any atom is 0.0731 e. The van der Waals surface area contributed by atoms with Gasteiger partial charge in [0.25, 0.3) is 0 Å². The molecule has 0 saturated carbocycles. The van der Waals surface area contributed by atoms with Crippen molar-refractivity contribution < 1.29 is 0 Å². The normalized spacial score (nSPS) is 27.7. The Kier molecular flexibility index (Phi) is 2.54. The molecule has 2 aliphatic rings. The molecule has 3 rings (SSSR count). The molecule has 5 heteroatoms. The first-order valence-electron chi connectivity index (χ1n) is 6.83. The zero-order valence-corrected chi connectivity index (χ0v) is 11.6. The monoisotopic (exact) mass is 249 g/mol. The summed E-state index contributed by atoms with van der Waals surface area (Å²) >= 11 is 0. The molecule has 1 atom stereocenters. The maximum atomic E-state index is 6.39. The predicted octanol–water partition coefficient (Wildman–Crippen LogP) is 0.751. The summed E-state index contributed by atoms with van der Waals surface area (Å²) in [4.78, 5) is 2.55. The summed E-state index contributed by atoms with van der Waals surface area (Å²) in [6.07, 6.45) is 4.16. The van der Waals surface area contributed by atoms with Crippen molar-refractivity contribution in [3.8, 4) is 0 Å². The third kappa shape index (κ3) is 1.61. The number of nitrogens with two attached hydrogens (primary N) is 1. The van der Waals surface area contributed by atoms with E-state index in [0.717, 1.165) is 32.5 Å². The number of rotatable bonds is 0. The van der Waals surface area contributed by atoms with E-state index in [4.69, 9.17) is 5.73 Å². The van der Waals surface area contributed by atoms with Gasteiger partial charge in [0.2, 0.25) is 0 Å². The number of fused-ring (bicyclic) bond motifs is 2. The minimum Gasteiger partial charge on any atom is -0.325 e. The second-order valence-electron chi connectivity index (χ2n) is 6.72. The average Bonchev–Trinajstić information content (AvgIpc) is 2.83. The summed E-state index contributed by atoms with van der Waals surface area (Å²) in [6.45, 7) is 9.90. The molecule has 0 radical (unpaired) electrons. The van der Waals surface area contributed by atoms with Crippen molar-refractivity contribution in [2.45, 2.75) is 57.2 Å². The first-order chi connectivity index (χ1) is 8.43. The molecular formula is C13H23N5. The maximum absolute atomic E-state index is 6.39. The van der Waals surface area contributed by atoms with Gasteiger partial charge in [-0.05, 0) is 46.7 Å². The Bertz CT molecular complexity index is 436. The van der Waals surface area contributed by atoms with Gasteiger partial charge in [-0.3, -0.25) is 4.90 Å². The highest BCUT2D eigenvalue weighted by Crippen LogP contribution is 2.42. The topological polar surface area (TPSA) is 60.0 Å². The van der Waals surface area contributed by atoms with E-state index in [2.05, 4.69) is 36.0 Å². The standard InChI is InChI=1S/C13H23N5/c1-12(2,3)17-6-4-13(5-7-17)10(14)9-18-11(13)8-15-16-18/h8,10H,4-7,9,14H2,1-3H3/t10-/m1/s1. The van der Waals surface area contributed by atoms with Crippen LogP contribution in [-0.2, 0) is 12.0 Å². The highest BCUT2D eigenvalue weighted by molar-refractivity contribution is 5.24. The van der Waals surface area contributed by atoms with Crippen LogP contribution in [0.2, 0.25) is 0 Å². The summed E-state index contributed by atoms with van der Waals surface area (Å²) in [5.41, 5.74) is 8.01. The smallest absolute Gasteiger partial charge is 0.0731 e. The Morgan fingerprint density at radius 1 is 1.33 bits per heavy atom. The van der Waals surface area contributed by atoms with Crippen molar-refractivity contribution in [1.29, 1.82) is 0 Å². The molecule has 0 bridgehead atoms. The molecule has 1 fully saturated rings. The number of aromatic nitrogens is 3. The van der Waals surface area contributed by atoms with Gasteiger partial charge < -0.3 is 5.73 Å². The second kappa shape index (κ2) is 3.78. The van der Waals surface area contributed by atoms with Gasteiger partial charge in [0.1, 0.15) is 0 Å². The van der Waals surface area contributed by atoms with Crippen molar-refractivity contribution in [2.75, 3.05) is 13.1 Å². The Hall–Kier alpha value is -0.940. The number of piperidine rings is 1. The molecule has 2 N–H and O–H groups in total. The minimum absolute atomic E-state index is 0.116. The zero-order chi connectivity index (χ0) is 13.0. The van der Waals surface area contributed by atoms with Crippen LogP contribution in [0.25, 0.3) is 0 Å². The average molecular weight is 249 g/mol. The lowest BCUT2D eigenvalue weighted by molar-refractivity contribution is 0.0688. The zero-order valence-electron chi connectivity index (χ0n) is 11.6. The molecular weight excluding hydrogens is 226 g/mol. The quantitative estimate of drug-likeness (QED) is 0.737. The van der Waals surface area contributed by atoms with Gasteiger partial charge >= 0.3 is 0 Å². The van der Waals surface area contributed by atoms with E-state index < -0.39 is 0 Å². The van der Waals surface area contributed by atoms with Crippen molar-refractivity contribution in [3.63, 3.8) is 0 Å². The summed E-state index contributed by atoms with van der Waals surface area (Å²) < 4.78 is 2.00. The van der Waals surface area contributed by atoms with E-state index in [0.29, 0.717) is 0 Å². The Balaban J connectivity index is 1.84. The summed E-state index contributed by atoms with van der Waals surface area (Å²) in [5, 5.41) is 8.18. The van der Waals surface area contributed by atoms with Gasteiger partial charge in [-0.15, -0.1) is 5.10 Å². The summed E-state index contributed by atoms with van der Waals surface area (Å²) in [7, 11) is 0. The molecule has 1 spiro atoms. The van der Waals surface area contributed by atoms with Crippen LogP contribution in [0.4, 0.5) is 0 Å². The van der Waals surface area contributed by atoms with E-state index in [-0.39, 0.29) is 17.0 Å². The van der Waals surface area contributed by atoms with Gasteiger partial charge in [-0.1, -0.05) is 5.21 Å². The van der Waals surface area contributed by atoms with Gasteiger partial charge in [-0.25, -0.2) is 4.68 Å². The second-order valence-corrected chi connectivity index (χ2v) is 6.72. The number of nitrogens with zero attached hydrogens (tertiary/aromatic N) is 4. The Morgan fingerprint density at radius 2 is 2.00 bits per heavy atom. The molecule has 18 heavy (non-hydrogen) atoms. The van der Waals surface area contributed by atoms with E-state index in [1.54, 1.807) is 0 Å². The minimum atomic E-state index is 0.116. The van der Waals surface area contributed by atoms with Crippen LogP contribution in [0.5, 0.6) is 0 Å². The van der Waals surface area contributed by atoms with Crippen molar-refractivity contribution >= 4 is 0 Å². The molecule has 2 aliphatic heterocycles. The van der Waals surface area contributed by atoms with E-state index in [1.807, 2.05) is 10.9 Å². The predicted molar refractivity (Wildman–Crippen MR) is 70.2 cm³/mol. The third-order valence-corrected chi connectivity index (χ3v) is 4.81. The van der Waals surface area contributed by atoms with Crippen LogP contribution in [-0.4, -0.2) is 44.6 Å². The summed E-state index contributed by atoms with van der Waals surface area (Å²) in [6, 6.07) is 0.199. The SMILES string of the molecule is CC(C)(C)N1CCC2(CC1)c1cnnn1C[C@H]2N. The molecule has 0 unspecified atom stereocenters. The molecule has 0 aliphatic carbocycles. The molecule has 0 amide bonds. The molecule has 1 aromatic heterocycles. The number of hydrogen-bond donors (Lipinski definition) is 1. The number of likely N-dealkylation sites (tertiary alicyclic amines) is 1. The first kappa shape index (κ1) is 12.1. The van der Waals surface area contributed by atoms with Crippen LogP contribution >= 0.6 is 0 Å². The lowest BCUT2D eigenvalue weighted by atomic mass is 9.72. The molecule has 100 valence electrons. The molecule has 5 nitrogen and oxygen atoms in total. The van der Waals surface area contributed by atoms with Crippen LogP contribution in [0.3, 0.4) is 0 Å². The van der Waals surface area contributed by atoms with Crippen LogP contribution in [0, 0.1) is 0 Å². The van der Waals surface area contributed by atoms with Gasteiger partial charge in [-0.2, -0.15) is 0 Å². The fourth-order valence-electron chi connectivity index (χ4n) is 3.53. The van der Waals surface area contributed by atoms with Gasteiger partial charge in [0.15, 0.2) is 0 Å². The molecule has 1 aromatic rings. The third-order valence-electron chi connectivity index (χ3n) is 4.81. The summed E-state index contributed by atoms with van der Waals surface area (Å²) in [5.74, 6) is 0. The van der Waals surface area contributed by atoms with E-state index in [9.17, 15) is 0 Å². The lowest BCUT2D eigenvalue weighted by Crippen LogP contribution is -2.54. The highest BCUT2D eigenvalue weighted by atomic mass is 15.4.